The van der Waals surface area contributed by atoms with Gasteiger partial charge in [0.2, 0.25) is 6.23 Å². The summed E-state index contributed by atoms with van der Waals surface area (Å²) in [6, 6.07) is 32.4. The van der Waals surface area contributed by atoms with E-state index in [4.69, 9.17) is 9.84 Å². The summed E-state index contributed by atoms with van der Waals surface area (Å²) in [5.41, 5.74) is 6.01. The first kappa shape index (κ1) is 19.1. The smallest absolute Gasteiger partial charge is 0.213 e. The Hall–Kier alpha value is -3.59. The van der Waals surface area contributed by atoms with Gasteiger partial charge in [0.25, 0.3) is 0 Å². The minimum atomic E-state index is -0.233. The van der Waals surface area contributed by atoms with Crippen molar-refractivity contribution in [2.75, 3.05) is 0 Å². The molecular formula is C29H26N2O. The van der Waals surface area contributed by atoms with Gasteiger partial charge in [0.05, 0.1) is 11.8 Å². The van der Waals surface area contributed by atoms with Crippen LogP contribution in [0.15, 0.2) is 96.1 Å². The predicted octanol–water partition coefficient (Wildman–Crippen LogP) is 7.21. The Balaban J connectivity index is 1.45. The molecule has 0 radical (unpaired) electrons. The van der Waals surface area contributed by atoms with E-state index in [9.17, 15) is 0 Å². The molecule has 0 aromatic heterocycles. The maximum atomic E-state index is 6.52. The second-order valence-corrected chi connectivity index (χ2v) is 9.00. The highest BCUT2D eigenvalue weighted by molar-refractivity contribution is 6.11. The van der Waals surface area contributed by atoms with Crippen molar-refractivity contribution in [3.63, 3.8) is 0 Å². The van der Waals surface area contributed by atoms with Crippen molar-refractivity contribution in [1.82, 2.24) is 5.01 Å². The van der Waals surface area contributed by atoms with Crippen molar-refractivity contribution in [2.24, 2.45) is 5.10 Å². The van der Waals surface area contributed by atoms with Crippen LogP contribution in [0.4, 0.5) is 0 Å². The average molecular weight is 419 g/mol. The minimum absolute atomic E-state index is 0.170. The molecule has 2 heterocycles. The van der Waals surface area contributed by atoms with Crippen molar-refractivity contribution >= 4 is 16.5 Å². The quantitative estimate of drug-likeness (QED) is 0.351. The van der Waals surface area contributed by atoms with E-state index in [1.165, 1.54) is 27.5 Å². The topological polar surface area (TPSA) is 24.8 Å². The minimum Gasteiger partial charge on any atom is -0.464 e. The van der Waals surface area contributed by atoms with Gasteiger partial charge in [0.15, 0.2) is 0 Å². The molecule has 4 aromatic rings. The Morgan fingerprint density at radius 3 is 2.44 bits per heavy atom. The molecule has 0 amide bonds. The molecule has 2 unspecified atom stereocenters. The first-order chi connectivity index (χ1) is 15.7. The van der Waals surface area contributed by atoms with Crippen molar-refractivity contribution < 1.29 is 4.74 Å². The summed E-state index contributed by atoms with van der Waals surface area (Å²) >= 11 is 0. The highest BCUT2D eigenvalue weighted by atomic mass is 16.5. The summed E-state index contributed by atoms with van der Waals surface area (Å²) in [7, 11) is 0. The van der Waals surface area contributed by atoms with Crippen molar-refractivity contribution in [1.29, 1.82) is 0 Å². The molecule has 32 heavy (non-hydrogen) atoms. The molecule has 2 aliphatic heterocycles. The van der Waals surface area contributed by atoms with Gasteiger partial charge in [-0.3, -0.25) is 0 Å². The average Bonchev–Trinajstić information content (AvgIpc) is 3.29. The molecule has 0 saturated carbocycles. The van der Waals surface area contributed by atoms with E-state index in [-0.39, 0.29) is 12.3 Å². The Bertz CT molecular complexity index is 1320. The highest BCUT2D eigenvalue weighted by Gasteiger charge is 2.41. The molecule has 3 heteroatoms. The van der Waals surface area contributed by atoms with E-state index in [2.05, 4.69) is 110 Å². The van der Waals surface area contributed by atoms with Crippen molar-refractivity contribution in [3.8, 4) is 5.75 Å². The third-order valence-corrected chi connectivity index (χ3v) is 6.69. The van der Waals surface area contributed by atoms with Crippen LogP contribution in [0, 0.1) is 0 Å². The van der Waals surface area contributed by atoms with Gasteiger partial charge in [0.1, 0.15) is 5.75 Å². The number of hydrogen-bond donors (Lipinski definition) is 0. The lowest BCUT2D eigenvalue weighted by molar-refractivity contribution is -0.0190. The fourth-order valence-electron chi connectivity index (χ4n) is 4.94. The molecule has 2 atom stereocenters. The van der Waals surface area contributed by atoms with Crippen LogP contribution >= 0.6 is 0 Å². The van der Waals surface area contributed by atoms with Crippen LogP contribution < -0.4 is 4.74 Å². The number of ether oxygens (including phenoxy) is 1. The summed E-state index contributed by atoms with van der Waals surface area (Å²) in [6.07, 6.45) is 0.637. The summed E-state index contributed by atoms with van der Waals surface area (Å²) in [4.78, 5) is 0. The van der Waals surface area contributed by atoms with Gasteiger partial charge in [0, 0.05) is 23.1 Å². The molecule has 4 aromatic carbocycles. The molecule has 158 valence electrons. The van der Waals surface area contributed by atoms with Gasteiger partial charge in [-0.1, -0.05) is 98.8 Å². The Labute approximate surface area is 189 Å². The lowest BCUT2D eigenvalue weighted by atomic mass is 9.93. The van der Waals surface area contributed by atoms with E-state index in [1.807, 2.05) is 0 Å². The third-order valence-electron chi connectivity index (χ3n) is 6.69. The molecule has 0 bridgehead atoms. The Morgan fingerprint density at radius 1 is 0.844 bits per heavy atom. The zero-order chi connectivity index (χ0) is 21.7. The Kier molecular flexibility index (Phi) is 4.50. The summed E-state index contributed by atoms with van der Waals surface area (Å²) in [5.74, 6) is 1.47. The van der Waals surface area contributed by atoms with E-state index < -0.39 is 0 Å². The number of para-hydroxylation sites is 1. The number of benzene rings is 4. The molecule has 0 saturated heterocycles. The molecule has 3 nitrogen and oxygen atoms in total. The number of fused-ring (bicyclic) bond motifs is 4. The Morgan fingerprint density at radius 2 is 1.59 bits per heavy atom. The van der Waals surface area contributed by atoms with E-state index >= 15 is 0 Å². The normalized spacial score (nSPS) is 19.5. The molecule has 0 aliphatic carbocycles. The molecule has 0 spiro atoms. The SMILES string of the molecule is CC(C)c1ccc(C2Oc3ccccc3C3CC(c4cccc5ccccc45)=NN32)cc1. The monoisotopic (exact) mass is 418 g/mol. The molecular weight excluding hydrogens is 392 g/mol. The first-order valence-corrected chi connectivity index (χ1v) is 11.4. The van der Waals surface area contributed by atoms with Crippen molar-refractivity contribution in [3.05, 3.63) is 113 Å². The fraction of sp³-hybridized carbons (Fsp3) is 0.207. The van der Waals surface area contributed by atoms with Crippen LogP contribution in [-0.2, 0) is 0 Å². The van der Waals surface area contributed by atoms with Crippen LogP contribution in [0.3, 0.4) is 0 Å². The fourth-order valence-corrected chi connectivity index (χ4v) is 4.94. The van der Waals surface area contributed by atoms with Crippen molar-refractivity contribution in [2.45, 2.75) is 38.5 Å². The van der Waals surface area contributed by atoms with E-state index in [1.54, 1.807) is 0 Å². The third kappa shape index (κ3) is 3.08. The largest absolute Gasteiger partial charge is 0.464 e. The van der Waals surface area contributed by atoms with Crippen LogP contribution in [0.5, 0.6) is 5.75 Å². The zero-order valence-corrected chi connectivity index (χ0v) is 18.4. The van der Waals surface area contributed by atoms with Crippen LogP contribution in [0.25, 0.3) is 10.8 Å². The molecule has 6 rings (SSSR count). The lowest BCUT2D eigenvalue weighted by Crippen LogP contribution is -2.33. The summed E-state index contributed by atoms with van der Waals surface area (Å²) in [6.45, 7) is 4.44. The van der Waals surface area contributed by atoms with Gasteiger partial charge in [-0.2, -0.15) is 5.10 Å². The van der Waals surface area contributed by atoms with Gasteiger partial charge in [-0.15, -0.1) is 0 Å². The molecule has 0 fully saturated rings. The van der Waals surface area contributed by atoms with Gasteiger partial charge >= 0.3 is 0 Å². The summed E-state index contributed by atoms with van der Waals surface area (Å²) in [5, 5.41) is 9.84. The second kappa shape index (κ2) is 7.52. The predicted molar refractivity (Wildman–Crippen MR) is 130 cm³/mol. The summed E-state index contributed by atoms with van der Waals surface area (Å²) < 4.78 is 6.52. The van der Waals surface area contributed by atoms with Gasteiger partial charge < -0.3 is 4.74 Å². The zero-order valence-electron chi connectivity index (χ0n) is 18.4. The maximum absolute atomic E-state index is 6.52. The van der Waals surface area contributed by atoms with Crippen LogP contribution in [0.2, 0.25) is 0 Å². The number of nitrogens with zero attached hydrogens (tertiary/aromatic N) is 2. The molecule has 0 N–H and O–H groups in total. The standard InChI is InChI=1S/C29H26N2O/c1-19(2)20-14-16-22(17-15-20)29-31-27(25-11-5-6-13-28(25)32-29)18-26(30-31)24-12-7-9-21-8-3-4-10-23(21)24/h3-17,19,27,29H,18H2,1-2H3. The molecule has 2 aliphatic rings. The number of hydrazone groups is 1. The van der Waals surface area contributed by atoms with Crippen LogP contribution in [0.1, 0.15) is 60.7 Å². The van der Waals surface area contributed by atoms with Crippen LogP contribution in [-0.4, -0.2) is 10.7 Å². The highest BCUT2D eigenvalue weighted by Crippen LogP contribution is 2.47. The lowest BCUT2D eigenvalue weighted by Gasteiger charge is -2.38. The van der Waals surface area contributed by atoms with Gasteiger partial charge in [-0.05, 0) is 28.3 Å². The van der Waals surface area contributed by atoms with Gasteiger partial charge in [-0.25, -0.2) is 5.01 Å². The first-order valence-electron chi connectivity index (χ1n) is 11.4. The second-order valence-electron chi connectivity index (χ2n) is 9.00. The van der Waals surface area contributed by atoms with E-state index in [0.29, 0.717) is 5.92 Å². The van der Waals surface area contributed by atoms with E-state index in [0.717, 1.165) is 23.4 Å². The maximum Gasteiger partial charge on any atom is 0.213 e. The number of hydrogen-bond acceptors (Lipinski definition) is 3. The number of rotatable bonds is 3.